The summed E-state index contributed by atoms with van der Waals surface area (Å²) in [4.78, 5) is 37.3. The van der Waals surface area contributed by atoms with Crippen LogP contribution in [-0.2, 0) is 38.1 Å². The lowest BCUT2D eigenvalue weighted by atomic mass is 9.45. The van der Waals surface area contributed by atoms with Crippen LogP contribution in [0.25, 0.3) is 0 Å². The van der Waals surface area contributed by atoms with Crippen LogP contribution in [0.4, 0.5) is 0 Å². The highest BCUT2D eigenvalue weighted by atomic mass is 16.8. The molecule has 1 aliphatic heterocycles. The molecule has 8 heteroatoms. The van der Waals surface area contributed by atoms with E-state index in [-0.39, 0.29) is 35.2 Å². The lowest BCUT2D eigenvalue weighted by molar-refractivity contribution is -0.258. The summed E-state index contributed by atoms with van der Waals surface area (Å²) in [7, 11) is 1.64. The number of allylic oxidation sites excluding steroid dienone is 2. The Morgan fingerprint density at radius 2 is 1.84 bits per heavy atom. The Morgan fingerprint density at radius 3 is 2.39 bits per heavy atom. The van der Waals surface area contributed by atoms with Gasteiger partial charge in [-0.05, 0) is 55.4 Å². The predicted octanol–water partition coefficient (Wildman–Crippen LogP) is 5.27. The molecule has 0 bridgehead atoms. The molecule has 38 heavy (non-hydrogen) atoms. The van der Waals surface area contributed by atoms with Crippen molar-refractivity contribution < 1.29 is 38.1 Å². The van der Waals surface area contributed by atoms with E-state index in [1.165, 1.54) is 13.8 Å². The van der Waals surface area contributed by atoms with E-state index < -0.39 is 36.0 Å². The summed E-state index contributed by atoms with van der Waals surface area (Å²) < 4.78 is 29.8. The third-order valence-corrected chi connectivity index (χ3v) is 9.21. The highest BCUT2D eigenvalue weighted by Gasteiger charge is 2.71. The molecule has 2 unspecified atom stereocenters. The van der Waals surface area contributed by atoms with Gasteiger partial charge < -0.3 is 18.9 Å². The van der Waals surface area contributed by atoms with E-state index >= 15 is 0 Å². The average molecular weight is 533 g/mol. The summed E-state index contributed by atoms with van der Waals surface area (Å²) in [6, 6.07) is 0. The minimum absolute atomic E-state index is 0.194. The second-order valence-corrected chi connectivity index (χ2v) is 11.4. The van der Waals surface area contributed by atoms with Gasteiger partial charge in [-0.3, -0.25) is 19.1 Å². The first-order valence-corrected chi connectivity index (χ1v) is 13.6. The van der Waals surface area contributed by atoms with Gasteiger partial charge >= 0.3 is 17.9 Å². The number of rotatable bonds is 10. The molecule has 0 amide bonds. The lowest BCUT2D eigenvalue weighted by Crippen LogP contribution is -2.63. The van der Waals surface area contributed by atoms with Gasteiger partial charge in [-0.2, -0.15) is 0 Å². The summed E-state index contributed by atoms with van der Waals surface area (Å²) in [6.45, 7) is 18.8. The van der Waals surface area contributed by atoms with Crippen LogP contribution in [0.2, 0.25) is 0 Å². The summed E-state index contributed by atoms with van der Waals surface area (Å²) in [5.74, 6) is -1.57. The monoisotopic (exact) mass is 532 g/mol. The first kappa shape index (κ1) is 30.1. The van der Waals surface area contributed by atoms with Gasteiger partial charge in [-0.15, -0.1) is 0 Å². The van der Waals surface area contributed by atoms with Crippen molar-refractivity contribution in [2.24, 2.45) is 28.6 Å². The fourth-order valence-electron chi connectivity index (χ4n) is 6.70. The third-order valence-electron chi connectivity index (χ3n) is 9.21. The van der Waals surface area contributed by atoms with Crippen molar-refractivity contribution in [3.05, 3.63) is 36.5 Å². The molecule has 0 N–H and O–H groups in total. The molecule has 0 aromatic carbocycles. The van der Waals surface area contributed by atoms with Crippen LogP contribution in [0.3, 0.4) is 0 Å². The zero-order chi connectivity index (χ0) is 28.4. The standard InChI is InChI=1S/C30H44O8/c1-10-17(3)12-13-29(8)19(5)14-25(34-9)30-23(27(35-20(6)31)38-28(30)36-21(7)32)15-22(16-24(29)30)37-26(33)18(4)11-2/h10,15,18-19,22,24-25,27-28H,1,3,11-14,16H2,2,4-9H3/t18?,19-,22-,24+,25+,27+,28-,29-,30?/m0/s1. The highest BCUT2D eigenvalue weighted by molar-refractivity contribution is 5.72. The first-order valence-electron chi connectivity index (χ1n) is 13.6. The molecular formula is C30H44O8. The second-order valence-electron chi connectivity index (χ2n) is 11.4. The van der Waals surface area contributed by atoms with Gasteiger partial charge in [0.05, 0.1) is 17.4 Å². The molecule has 8 nitrogen and oxygen atoms in total. The van der Waals surface area contributed by atoms with Crippen LogP contribution in [-0.4, -0.2) is 49.8 Å². The zero-order valence-corrected chi connectivity index (χ0v) is 23.9. The highest BCUT2D eigenvalue weighted by Crippen LogP contribution is 2.68. The Labute approximate surface area is 226 Å². The predicted molar refractivity (Wildman–Crippen MR) is 141 cm³/mol. The minimum atomic E-state index is -1.09. The van der Waals surface area contributed by atoms with Crippen molar-refractivity contribution in [1.29, 1.82) is 0 Å². The molecular weight excluding hydrogens is 488 g/mol. The molecule has 3 aliphatic rings. The molecule has 2 fully saturated rings. The number of ether oxygens (including phenoxy) is 5. The normalized spacial score (nSPS) is 36.7. The smallest absolute Gasteiger partial charge is 0.309 e. The molecule has 1 heterocycles. The van der Waals surface area contributed by atoms with Crippen molar-refractivity contribution in [1.82, 2.24) is 0 Å². The fraction of sp³-hybridized carbons (Fsp3) is 0.700. The van der Waals surface area contributed by atoms with Crippen LogP contribution < -0.4 is 0 Å². The molecule has 0 aromatic heterocycles. The van der Waals surface area contributed by atoms with Crippen molar-refractivity contribution >= 4 is 17.9 Å². The van der Waals surface area contributed by atoms with Gasteiger partial charge in [-0.1, -0.05) is 52.5 Å². The van der Waals surface area contributed by atoms with Gasteiger partial charge in [0.2, 0.25) is 12.6 Å². The Morgan fingerprint density at radius 1 is 1.18 bits per heavy atom. The van der Waals surface area contributed by atoms with Gasteiger partial charge in [0, 0.05) is 26.5 Å². The van der Waals surface area contributed by atoms with Crippen LogP contribution in [0.5, 0.6) is 0 Å². The Hall–Kier alpha value is -2.45. The Kier molecular flexibility index (Phi) is 9.30. The quantitative estimate of drug-likeness (QED) is 0.162. The summed E-state index contributed by atoms with van der Waals surface area (Å²) in [5.41, 5.74) is 0.319. The van der Waals surface area contributed by atoms with E-state index in [0.29, 0.717) is 24.8 Å². The third kappa shape index (κ3) is 5.34. The number of methoxy groups -OCH3 is 1. The molecule has 1 spiro atoms. The average Bonchev–Trinajstić information content (AvgIpc) is 3.15. The van der Waals surface area contributed by atoms with Crippen molar-refractivity contribution in [3.63, 3.8) is 0 Å². The molecule has 212 valence electrons. The lowest BCUT2D eigenvalue weighted by Gasteiger charge is -2.61. The van der Waals surface area contributed by atoms with Gasteiger partial charge in [0.25, 0.3) is 0 Å². The summed E-state index contributed by atoms with van der Waals surface area (Å²) in [5, 5.41) is 0. The molecule has 0 aromatic rings. The molecule has 9 atom stereocenters. The van der Waals surface area contributed by atoms with Crippen molar-refractivity contribution in [2.75, 3.05) is 7.11 Å². The number of carbonyl (C=O) groups excluding carboxylic acids is 3. The van der Waals surface area contributed by atoms with E-state index in [9.17, 15) is 14.4 Å². The molecule has 1 saturated carbocycles. The fourth-order valence-corrected chi connectivity index (χ4v) is 6.70. The maximum Gasteiger partial charge on any atom is 0.309 e. The van der Waals surface area contributed by atoms with Crippen LogP contribution in [0, 0.1) is 28.6 Å². The topological polar surface area (TPSA) is 97.4 Å². The molecule has 3 rings (SSSR count). The Balaban J connectivity index is 2.22. The number of hydrogen-bond acceptors (Lipinski definition) is 8. The second kappa shape index (κ2) is 11.7. The van der Waals surface area contributed by atoms with E-state index in [0.717, 1.165) is 18.4 Å². The van der Waals surface area contributed by atoms with Crippen molar-refractivity contribution in [3.8, 4) is 0 Å². The number of carbonyl (C=O) groups is 3. The van der Waals surface area contributed by atoms with E-state index in [1.54, 1.807) is 13.2 Å². The minimum Gasteiger partial charge on any atom is -0.458 e. The summed E-state index contributed by atoms with van der Waals surface area (Å²) >= 11 is 0. The number of esters is 3. The maximum absolute atomic E-state index is 12.9. The largest absolute Gasteiger partial charge is 0.458 e. The van der Waals surface area contributed by atoms with Gasteiger partial charge in [-0.25, -0.2) is 0 Å². The zero-order valence-electron chi connectivity index (χ0n) is 23.9. The van der Waals surface area contributed by atoms with Crippen LogP contribution in [0.15, 0.2) is 36.5 Å². The van der Waals surface area contributed by atoms with Gasteiger partial charge in [0.15, 0.2) is 0 Å². The van der Waals surface area contributed by atoms with Gasteiger partial charge in [0.1, 0.15) is 6.10 Å². The SMILES string of the molecule is C=CC(=C)CC[C@@]1(C)[C@@H](C)C[C@@H](OC)C23C(=C[C@H](OC(=O)C(C)CC)C[C@@H]21)[C@H](OC(C)=O)O[C@@H]3OC(C)=O. The Bertz CT molecular complexity index is 985. The van der Waals surface area contributed by atoms with Crippen molar-refractivity contribution in [2.45, 2.75) is 98.4 Å². The molecule has 0 radical (unpaired) electrons. The van der Waals surface area contributed by atoms with Crippen LogP contribution >= 0.6 is 0 Å². The van der Waals surface area contributed by atoms with E-state index in [1.807, 2.05) is 19.9 Å². The first-order chi connectivity index (χ1) is 17.8. The summed E-state index contributed by atoms with van der Waals surface area (Å²) in [6.07, 6.45) is 3.86. The maximum atomic E-state index is 12.9. The molecule has 2 aliphatic carbocycles. The van der Waals surface area contributed by atoms with Crippen LogP contribution in [0.1, 0.15) is 73.6 Å². The molecule has 1 saturated heterocycles. The number of hydrogen-bond donors (Lipinski definition) is 0. The van der Waals surface area contributed by atoms with E-state index in [2.05, 4.69) is 27.0 Å². The van der Waals surface area contributed by atoms with E-state index in [4.69, 9.17) is 23.7 Å².